The van der Waals surface area contributed by atoms with Crippen LogP contribution in [0.2, 0.25) is 0 Å². The maximum Gasteiger partial charge on any atom is 0.120 e. The lowest BCUT2D eigenvalue weighted by Crippen LogP contribution is -2.04. The third-order valence-corrected chi connectivity index (χ3v) is 4.26. The van der Waals surface area contributed by atoms with E-state index >= 15 is 0 Å². The molecule has 0 saturated carbocycles. The summed E-state index contributed by atoms with van der Waals surface area (Å²) in [5.74, 6) is 1.30. The fraction of sp³-hybridized carbons (Fsp3) is 0.208. The SMILES string of the molecule is CC(C)C(N=Cc1cccc(OCc2ccccc2)c1)c1ccccc1. The monoisotopic (exact) mass is 343 g/mol. The van der Waals surface area contributed by atoms with Gasteiger partial charge in [0.05, 0.1) is 6.04 Å². The molecule has 26 heavy (non-hydrogen) atoms. The van der Waals surface area contributed by atoms with Crippen molar-refractivity contribution in [3.63, 3.8) is 0 Å². The van der Waals surface area contributed by atoms with Crippen LogP contribution in [0.5, 0.6) is 5.75 Å². The second-order valence-corrected chi connectivity index (χ2v) is 6.72. The third kappa shape index (κ3) is 5.06. The quantitative estimate of drug-likeness (QED) is 0.476. The van der Waals surface area contributed by atoms with E-state index in [-0.39, 0.29) is 6.04 Å². The van der Waals surface area contributed by atoms with Crippen molar-refractivity contribution in [1.82, 2.24) is 0 Å². The van der Waals surface area contributed by atoms with Gasteiger partial charge < -0.3 is 4.74 Å². The molecule has 132 valence electrons. The molecule has 0 spiro atoms. The summed E-state index contributed by atoms with van der Waals surface area (Å²) < 4.78 is 5.91. The number of rotatable bonds is 7. The van der Waals surface area contributed by atoms with Crippen molar-refractivity contribution in [3.8, 4) is 5.75 Å². The van der Waals surface area contributed by atoms with E-state index in [0.29, 0.717) is 12.5 Å². The molecule has 0 aliphatic rings. The summed E-state index contributed by atoms with van der Waals surface area (Å²) >= 11 is 0. The topological polar surface area (TPSA) is 21.6 Å². The van der Waals surface area contributed by atoms with Gasteiger partial charge in [0.1, 0.15) is 12.4 Å². The van der Waals surface area contributed by atoms with Crippen molar-refractivity contribution >= 4 is 6.21 Å². The fourth-order valence-corrected chi connectivity index (χ4v) is 2.89. The lowest BCUT2D eigenvalue weighted by atomic mass is 9.97. The molecule has 0 fully saturated rings. The van der Waals surface area contributed by atoms with Crippen LogP contribution in [0.25, 0.3) is 0 Å². The summed E-state index contributed by atoms with van der Waals surface area (Å²) in [6.45, 7) is 4.98. The molecule has 0 amide bonds. The summed E-state index contributed by atoms with van der Waals surface area (Å²) in [5.41, 5.74) is 3.46. The zero-order valence-corrected chi connectivity index (χ0v) is 15.4. The predicted octanol–water partition coefficient (Wildman–Crippen LogP) is 6.08. The Balaban J connectivity index is 1.70. The van der Waals surface area contributed by atoms with Gasteiger partial charge in [-0.05, 0) is 34.7 Å². The van der Waals surface area contributed by atoms with Crippen LogP contribution in [-0.4, -0.2) is 6.21 Å². The Morgan fingerprint density at radius 2 is 1.54 bits per heavy atom. The largest absolute Gasteiger partial charge is 0.489 e. The number of hydrogen-bond donors (Lipinski definition) is 0. The third-order valence-electron chi connectivity index (χ3n) is 4.26. The Kier molecular flexibility index (Phi) is 6.21. The molecule has 0 heterocycles. The second kappa shape index (κ2) is 9.00. The van der Waals surface area contributed by atoms with Gasteiger partial charge in [0.15, 0.2) is 0 Å². The Bertz CT molecular complexity index is 825. The zero-order valence-electron chi connectivity index (χ0n) is 15.4. The van der Waals surface area contributed by atoms with E-state index in [4.69, 9.17) is 9.73 Å². The van der Waals surface area contributed by atoms with Crippen molar-refractivity contribution in [2.45, 2.75) is 26.5 Å². The first-order valence-corrected chi connectivity index (χ1v) is 9.07. The molecule has 0 aliphatic heterocycles. The van der Waals surface area contributed by atoms with Gasteiger partial charge in [-0.2, -0.15) is 0 Å². The molecule has 3 aromatic rings. The molecular formula is C24H25NO. The summed E-state index contributed by atoms with van der Waals surface area (Å²) in [5, 5.41) is 0. The molecule has 1 unspecified atom stereocenters. The number of benzene rings is 3. The molecule has 3 aromatic carbocycles. The molecule has 0 aromatic heterocycles. The van der Waals surface area contributed by atoms with Crippen LogP contribution in [0.1, 0.15) is 36.6 Å². The van der Waals surface area contributed by atoms with Crippen molar-refractivity contribution in [2.24, 2.45) is 10.9 Å². The maximum atomic E-state index is 5.91. The Morgan fingerprint density at radius 1 is 0.846 bits per heavy atom. The predicted molar refractivity (Wildman–Crippen MR) is 109 cm³/mol. The number of aliphatic imine (C=N–C) groups is 1. The van der Waals surface area contributed by atoms with Crippen LogP contribution in [0.15, 0.2) is 89.9 Å². The molecule has 3 rings (SSSR count). The Labute approximate surface area is 156 Å². The highest BCUT2D eigenvalue weighted by Gasteiger charge is 2.13. The molecule has 0 aliphatic carbocycles. The zero-order chi connectivity index (χ0) is 18.2. The maximum absolute atomic E-state index is 5.91. The number of hydrogen-bond acceptors (Lipinski definition) is 2. The standard InChI is InChI=1S/C24H25NO/c1-19(2)24(22-13-7-4-8-14-22)25-17-21-12-9-15-23(16-21)26-18-20-10-5-3-6-11-20/h3-17,19,24H,18H2,1-2H3. The first-order valence-electron chi connectivity index (χ1n) is 9.07. The van der Waals surface area contributed by atoms with E-state index in [1.54, 1.807) is 0 Å². The minimum atomic E-state index is 0.157. The Hall–Kier alpha value is -2.87. The molecule has 0 bridgehead atoms. The molecule has 2 heteroatoms. The van der Waals surface area contributed by atoms with Crippen LogP contribution in [0.3, 0.4) is 0 Å². The van der Waals surface area contributed by atoms with Gasteiger partial charge in [-0.15, -0.1) is 0 Å². The van der Waals surface area contributed by atoms with Gasteiger partial charge in [0.2, 0.25) is 0 Å². The molecule has 0 radical (unpaired) electrons. The molecule has 1 atom stereocenters. The van der Waals surface area contributed by atoms with Crippen LogP contribution in [0.4, 0.5) is 0 Å². The van der Waals surface area contributed by atoms with Gasteiger partial charge in [-0.25, -0.2) is 0 Å². The van der Waals surface area contributed by atoms with Crippen LogP contribution in [-0.2, 0) is 6.61 Å². The van der Waals surface area contributed by atoms with Crippen molar-refractivity contribution in [2.75, 3.05) is 0 Å². The average molecular weight is 343 g/mol. The van der Waals surface area contributed by atoms with Crippen LogP contribution in [0, 0.1) is 5.92 Å². The summed E-state index contributed by atoms with van der Waals surface area (Å²) in [6.07, 6.45) is 1.95. The molecule has 2 nitrogen and oxygen atoms in total. The van der Waals surface area contributed by atoms with E-state index in [1.165, 1.54) is 5.56 Å². The lowest BCUT2D eigenvalue weighted by molar-refractivity contribution is 0.306. The van der Waals surface area contributed by atoms with Gasteiger partial charge in [0, 0.05) is 6.21 Å². The molecule has 0 N–H and O–H groups in total. The van der Waals surface area contributed by atoms with Crippen molar-refractivity contribution in [1.29, 1.82) is 0 Å². The average Bonchev–Trinajstić information content (AvgIpc) is 2.68. The van der Waals surface area contributed by atoms with E-state index in [1.807, 2.05) is 48.7 Å². The van der Waals surface area contributed by atoms with Gasteiger partial charge in [-0.3, -0.25) is 4.99 Å². The molecule has 0 saturated heterocycles. The highest BCUT2D eigenvalue weighted by atomic mass is 16.5. The van der Waals surface area contributed by atoms with Crippen LogP contribution < -0.4 is 4.74 Å². The lowest BCUT2D eigenvalue weighted by Gasteiger charge is -2.16. The number of ether oxygens (including phenoxy) is 1. The highest BCUT2D eigenvalue weighted by Crippen LogP contribution is 2.25. The van der Waals surface area contributed by atoms with Crippen molar-refractivity contribution < 1.29 is 4.74 Å². The van der Waals surface area contributed by atoms with Gasteiger partial charge in [0.25, 0.3) is 0 Å². The van der Waals surface area contributed by atoms with Crippen LogP contribution >= 0.6 is 0 Å². The summed E-state index contributed by atoms with van der Waals surface area (Å²) in [4.78, 5) is 4.84. The van der Waals surface area contributed by atoms with Gasteiger partial charge >= 0.3 is 0 Å². The van der Waals surface area contributed by atoms with Crippen molar-refractivity contribution in [3.05, 3.63) is 102 Å². The van der Waals surface area contributed by atoms with E-state index in [2.05, 4.69) is 56.3 Å². The minimum absolute atomic E-state index is 0.157. The number of nitrogens with zero attached hydrogens (tertiary/aromatic N) is 1. The minimum Gasteiger partial charge on any atom is -0.489 e. The summed E-state index contributed by atoms with van der Waals surface area (Å²) in [6, 6.07) is 28.9. The highest BCUT2D eigenvalue weighted by molar-refractivity contribution is 5.80. The fourth-order valence-electron chi connectivity index (χ4n) is 2.89. The smallest absolute Gasteiger partial charge is 0.120 e. The second-order valence-electron chi connectivity index (χ2n) is 6.72. The van der Waals surface area contributed by atoms with Gasteiger partial charge in [-0.1, -0.05) is 86.6 Å². The first kappa shape index (κ1) is 17.9. The van der Waals surface area contributed by atoms with E-state index in [9.17, 15) is 0 Å². The van der Waals surface area contributed by atoms with E-state index < -0.39 is 0 Å². The van der Waals surface area contributed by atoms with E-state index in [0.717, 1.165) is 16.9 Å². The first-order chi connectivity index (χ1) is 12.7. The summed E-state index contributed by atoms with van der Waals surface area (Å²) in [7, 11) is 0. The molecular weight excluding hydrogens is 318 g/mol. The Morgan fingerprint density at radius 3 is 2.23 bits per heavy atom. The normalized spacial score (nSPS) is 12.4.